The standard InChI is InChI=1S/C16H19N5O7S3/c1-2-31-16(14(26)27)5-21-12(25)10(13(21)30-6-16)19-11(24)9(20-28-3-8(22)23)7-4-29-15(17)18-7/h4,10,13H,2-3,5-6H2,1H3,(H2,17,18)(H,19,24)(H,22,23)(H,26,27)/t10?,13-,16?/m1/s1. The summed E-state index contributed by atoms with van der Waals surface area (Å²) in [7, 11) is 0. The first kappa shape index (κ1) is 23.1. The van der Waals surface area contributed by atoms with Gasteiger partial charge in [0.25, 0.3) is 5.91 Å². The van der Waals surface area contributed by atoms with Crippen LogP contribution in [0.4, 0.5) is 5.13 Å². The second-order valence-corrected chi connectivity index (χ2v) is 10.2. The van der Waals surface area contributed by atoms with Crippen LogP contribution in [-0.2, 0) is 24.0 Å². The van der Waals surface area contributed by atoms with Gasteiger partial charge in [0.1, 0.15) is 21.9 Å². The van der Waals surface area contributed by atoms with Crippen LogP contribution < -0.4 is 11.1 Å². The fourth-order valence-corrected chi connectivity index (χ4v) is 6.45. The highest BCUT2D eigenvalue weighted by atomic mass is 32.2. The van der Waals surface area contributed by atoms with Crippen molar-refractivity contribution >= 4 is 69.5 Å². The van der Waals surface area contributed by atoms with Gasteiger partial charge in [-0.3, -0.25) is 14.4 Å². The number of carbonyl (C=O) groups is 4. The number of aromatic nitrogens is 1. The molecular weight excluding hydrogens is 470 g/mol. The van der Waals surface area contributed by atoms with Gasteiger partial charge in [-0.05, 0) is 5.75 Å². The number of aliphatic carboxylic acids is 2. The van der Waals surface area contributed by atoms with Crippen LogP contribution in [0.3, 0.4) is 0 Å². The molecule has 31 heavy (non-hydrogen) atoms. The first-order valence-corrected chi connectivity index (χ1v) is 11.8. The van der Waals surface area contributed by atoms with Gasteiger partial charge in [-0.1, -0.05) is 12.1 Å². The molecule has 0 spiro atoms. The number of amides is 2. The number of β-lactam (4-membered cyclic amide) rings is 1. The van der Waals surface area contributed by atoms with E-state index in [0.29, 0.717) is 5.75 Å². The van der Waals surface area contributed by atoms with E-state index in [-0.39, 0.29) is 28.8 Å². The lowest BCUT2D eigenvalue weighted by atomic mass is 10.0. The molecule has 12 nitrogen and oxygen atoms in total. The summed E-state index contributed by atoms with van der Waals surface area (Å²) in [5.41, 5.74) is 5.35. The molecule has 2 aliphatic rings. The van der Waals surface area contributed by atoms with E-state index in [1.54, 1.807) is 0 Å². The van der Waals surface area contributed by atoms with Crippen molar-refractivity contribution in [3.05, 3.63) is 11.1 Å². The number of hydrogen-bond acceptors (Lipinski definition) is 11. The topological polar surface area (TPSA) is 185 Å². The molecule has 0 aliphatic carbocycles. The largest absolute Gasteiger partial charge is 0.480 e. The minimum absolute atomic E-state index is 0.0506. The Hall–Kier alpha value is -2.52. The molecule has 0 aromatic carbocycles. The molecule has 3 atom stereocenters. The maximum absolute atomic E-state index is 12.8. The van der Waals surface area contributed by atoms with E-state index >= 15 is 0 Å². The zero-order valence-corrected chi connectivity index (χ0v) is 18.6. The fourth-order valence-electron chi connectivity index (χ4n) is 3.07. The number of nitrogen functional groups attached to an aromatic ring is 1. The zero-order chi connectivity index (χ0) is 22.8. The normalized spacial score (nSPS) is 25.4. The lowest BCUT2D eigenvalue weighted by molar-refractivity contribution is -0.151. The van der Waals surface area contributed by atoms with Crippen molar-refractivity contribution in [2.24, 2.45) is 5.16 Å². The van der Waals surface area contributed by atoms with Gasteiger partial charge < -0.3 is 31.0 Å². The number of thiazole rings is 1. The number of nitrogens with two attached hydrogens (primary N) is 1. The van der Waals surface area contributed by atoms with Crippen molar-refractivity contribution in [1.29, 1.82) is 0 Å². The van der Waals surface area contributed by atoms with E-state index in [2.05, 4.69) is 20.3 Å². The van der Waals surface area contributed by atoms with Crippen LogP contribution in [0, 0.1) is 0 Å². The van der Waals surface area contributed by atoms with Crippen molar-refractivity contribution in [2.45, 2.75) is 23.1 Å². The van der Waals surface area contributed by atoms with E-state index in [0.717, 1.165) is 11.3 Å². The summed E-state index contributed by atoms with van der Waals surface area (Å²) in [6, 6.07) is -0.878. The van der Waals surface area contributed by atoms with Gasteiger partial charge in [-0.15, -0.1) is 34.9 Å². The number of hydrogen-bond donors (Lipinski definition) is 4. The third-order valence-electron chi connectivity index (χ3n) is 4.47. The summed E-state index contributed by atoms with van der Waals surface area (Å²) in [6.45, 7) is 1.14. The number of carboxylic acid groups (broad SMARTS) is 2. The third kappa shape index (κ3) is 4.72. The van der Waals surface area contributed by atoms with Crippen LogP contribution in [0.2, 0.25) is 0 Å². The van der Waals surface area contributed by atoms with Crippen LogP contribution in [0.5, 0.6) is 0 Å². The Morgan fingerprint density at radius 1 is 1.48 bits per heavy atom. The molecule has 2 amide bonds. The number of fused-ring (bicyclic) bond motifs is 1. The van der Waals surface area contributed by atoms with Crippen molar-refractivity contribution in [1.82, 2.24) is 15.2 Å². The average molecular weight is 490 g/mol. The van der Waals surface area contributed by atoms with Crippen LogP contribution in [0.25, 0.3) is 0 Å². The monoisotopic (exact) mass is 489 g/mol. The number of carbonyl (C=O) groups excluding carboxylic acids is 2. The molecule has 3 heterocycles. The summed E-state index contributed by atoms with van der Waals surface area (Å²) in [6.07, 6.45) is 0. The Morgan fingerprint density at radius 3 is 2.81 bits per heavy atom. The van der Waals surface area contributed by atoms with Gasteiger partial charge >= 0.3 is 11.9 Å². The van der Waals surface area contributed by atoms with Crippen LogP contribution in [0.1, 0.15) is 12.6 Å². The molecule has 0 saturated carbocycles. The number of nitrogens with zero attached hydrogens (tertiary/aromatic N) is 3. The predicted octanol–water partition coefficient (Wildman–Crippen LogP) is -0.493. The van der Waals surface area contributed by atoms with E-state index < -0.39 is 46.5 Å². The number of nitrogens with one attached hydrogen (secondary N) is 1. The molecule has 2 unspecified atom stereocenters. The van der Waals surface area contributed by atoms with Gasteiger partial charge in [-0.25, -0.2) is 9.78 Å². The second-order valence-electron chi connectivity index (χ2n) is 6.53. The Morgan fingerprint density at radius 2 is 2.23 bits per heavy atom. The highest BCUT2D eigenvalue weighted by Gasteiger charge is 2.57. The summed E-state index contributed by atoms with van der Waals surface area (Å²) in [4.78, 5) is 57.9. The van der Waals surface area contributed by atoms with Gasteiger partial charge in [0.15, 0.2) is 10.8 Å². The van der Waals surface area contributed by atoms with E-state index in [4.69, 9.17) is 10.8 Å². The fraction of sp³-hybridized carbons (Fsp3) is 0.500. The molecular formula is C16H19N5O7S3. The van der Waals surface area contributed by atoms with E-state index in [9.17, 15) is 24.3 Å². The molecule has 3 rings (SSSR count). The zero-order valence-electron chi connectivity index (χ0n) is 16.1. The minimum Gasteiger partial charge on any atom is -0.480 e. The molecule has 15 heteroatoms. The van der Waals surface area contributed by atoms with Gasteiger partial charge in [-0.2, -0.15) is 0 Å². The molecule has 2 fully saturated rings. The number of rotatable bonds is 9. The Bertz CT molecular complexity index is 938. The van der Waals surface area contributed by atoms with Crippen molar-refractivity contribution in [3.8, 4) is 0 Å². The average Bonchev–Trinajstić information content (AvgIpc) is 3.14. The number of oxime groups is 1. The molecule has 5 N–H and O–H groups in total. The lowest BCUT2D eigenvalue weighted by Gasteiger charge is -2.53. The summed E-state index contributed by atoms with van der Waals surface area (Å²) >= 11 is 3.61. The van der Waals surface area contributed by atoms with E-state index in [1.165, 1.54) is 33.8 Å². The Balaban J connectivity index is 1.71. The molecule has 0 radical (unpaired) electrons. The molecule has 1 aromatic rings. The molecule has 0 bridgehead atoms. The third-order valence-corrected chi connectivity index (χ3v) is 8.15. The van der Waals surface area contributed by atoms with E-state index in [1.807, 2.05) is 6.92 Å². The summed E-state index contributed by atoms with van der Waals surface area (Å²) < 4.78 is -1.09. The Labute approximate surface area is 188 Å². The summed E-state index contributed by atoms with van der Waals surface area (Å²) in [5.74, 6) is -2.57. The van der Waals surface area contributed by atoms with Crippen molar-refractivity contribution < 1.29 is 34.2 Å². The highest BCUT2D eigenvalue weighted by Crippen LogP contribution is 2.43. The smallest absolute Gasteiger partial charge is 0.344 e. The number of carboxylic acids is 2. The van der Waals surface area contributed by atoms with Gasteiger partial charge in [0.05, 0.1) is 0 Å². The summed E-state index contributed by atoms with van der Waals surface area (Å²) in [5, 5.41) is 25.7. The molecule has 2 saturated heterocycles. The van der Waals surface area contributed by atoms with Crippen LogP contribution in [0.15, 0.2) is 10.5 Å². The molecule has 1 aromatic heterocycles. The van der Waals surface area contributed by atoms with Crippen molar-refractivity contribution in [3.63, 3.8) is 0 Å². The SMILES string of the molecule is CCSC1(C(=O)O)CS[C@@H]2C(NC(=O)C(=NOCC(=O)O)c3csc(N)n3)C(=O)N2C1. The first-order valence-electron chi connectivity index (χ1n) is 8.92. The number of thioether (sulfide) groups is 2. The molecule has 2 aliphatic heterocycles. The quantitative estimate of drug-likeness (QED) is 0.199. The van der Waals surface area contributed by atoms with Crippen LogP contribution >= 0.6 is 34.9 Å². The van der Waals surface area contributed by atoms with Crippen LogP contribution in [-0.4, -0.2) is 90.4 Å². The van der Waals surface area contributed by atoms with Gasteiger partial charge in [0, 0.05) is 17.7 Å². The first-order chi connectivity index (χ1) is 14.7. The van der Waals surface area contributed by atoms with Gasteiger partial charge in [0.2, 0.25) is 12.5 Å². The maximum atomic E-state index is 12.8. The second kappa shape index (κ2) is 9.32. The number of anilines is 1. The maximum Gasteiger partial charge on any atom is 0.344 e. The lowest BCUT2D eigenvalue weighted by Crippen LogP contribution is -2.74. The highest BCUT2D eigenvalue weighted by molar-refractivity contribution is 8.05. The molecule has 168 valence electrons. The predicted molar refractivity (Wildman–Crippen MR) is 115 cm³/mol. The minimum atomic E-state index is -1.28. The van der Waals surface area contributed by atoms with Crippen molar-refractivity contribution in [2.75, 3.05) is 30.4 Å². The Kier molecular flexibility index (Phi) is 6.96.